The predicted octanol–water partition coefficient (Wildman–Crippen LogP) is -0.137. The number of morpholine rings is 1. The third-order valence-electron chi connectivity index (χ3n) is 3.31. The lowest BCUT2D eigenvalue weighted by Gasteiger charge is -2.28. The average molecular weight is 286 g/mol. The highest BCUT2D eigenvalue weighted by atomic mass is 32.2. The first kappa shape index (κ1) is 14.6. The van der Waals surface area contributed by atoms with Crippen LogP contribution in [0.1, 0.15) is 12.8 Å². The molecule has 0 saturated carbocycles. The van der Waals surface area contributed by atoms with Crippen molar-refractivity contribution in [2.75, 3.05) is 44.9 Å². The molecule has 7 heteroatoms. The van der Waals surface area contributed by atoms with Gasteiger partial charge < -0.3 is 4.74 Å². The number of aliphatic imine (C=N–C) groups is 1. The topological polar surface area (TPSA) is 66.0 Å². The maximum Gasteiger partial charge on any atom is 0.263 e. The molecule has 0 aromatic heterocycles. The second-order valence-electron chi connectivity index (χ2n) is 4.69. The normalized spacial score (nSPS) is 24.6. The maximum absolute atomic E-state index is 11.6. The summed E-state index contributed by atoms with van der Waals surface area (Å²) in [5.74, 6) is 1.82. The number of nitrogens with zero attached hydrogens (tertiary/aromatic N) is 2. The number of nitrogens with one attached hydrogen (secondary N) is 2. The van der Waals surface area contributed by atoms with Crippen LogP contribution in [0.3, 0.4) is 0 Å². The van der Waals surface area contributed by atoms with E-state index < -0.39 is 0 Å². The van der Waals surface area contributed by atoms with E-state index in [0.717, 1.165) is 57.3 Å². The van der Waals surface area contributed by atoms with Crippen LogP contribution in [0.15, 0.2) is 4.99 Å². The molecule has 0 aliphatic carbocycles. The molecule has 2 aliphatic heterocycles. The number of hydrogen-bond acceptors (Lipinski definition) is 6. The number of rotatable bonds is 6. The van der Waals surface area contributed by atoms with Crippen molar-refractivity contribution in [2.45, 2.75) is 18.9 Å². The molecule has 1 unspecified atom stereocenters. The highest BCUT2D eigenvalue weighted by Gasteiger charge is 2.22. The smallest absolute Gasteiger partial charge is 0.263 e. The van der Waals surface area contributed by atoms with E-state index in [-0.39, 0.29) is 11.9 Å². The summed E-state index contributed by atoms with van der Waals surface area (Å²) >= 11 is 1.74. The van der Waals surface area contributed by atoms with Gasteiger partial charge in [0, 0.05) is 26.1 Å². The van der Waals surface area contributed by atoms with Crippen LogP contribution in [0.2, 0.25) is 0 Å². The molecule has 1 amide bonds. The largest absolute Gasteiger partial charge is 0.379 e. The molecule has 0 aromatic rings. The van der Waals surface area contributed by atoms with E-state index in [9.17, 15) is 4.79 Å². The third-order valence-corrected chi connectivity index (χ3v) is 3.95. The molecule has 2 heterocycles. The Balaban J connectivity index is 1.79. The number of hydrazine groups is 1. The lowest BCUT2D eigenvalue weighted by Crippen LogP contribution is -2.52. The van der Waals surface area contributed by atoms with E-state index in [1.807, 2.05) is 6.26 Å². The molecule has 2 N–H and O–H groups in total. The SMILES string of the molecule is CSCCC1N=C(CCN2CCOCC2)NNC1=O. The first-order chi connectivity index (χ1) is 9.29. The number of hydrogen-bond donors (Lipinski definition) is 2. The molecule has 0 radical (unpaired) electrons. The Morgan fingerprint density at radius 2 is 2.21 bits per heavy atom. The minimum absolute atomic E-state index is 0.0239. The van der Waals surface area contributed by atoms with Crippen molar-refractivity contribution in [1.82, 2.24) is 15.8 Å². The van der Waals surface area contributed by atoms with Crippen molar-refractivity contribution in [3.8, 4) is 0 Å². The zero-order chi connectivity index (χ0) is 13.5. The summed E-state index contributed by atoms with van der Waals surface area (Å²) in [6.45, 7) is 4.55. The Hall–Kier alpha value is -0.790. The Kier molecular flexibility index (Phi) is 5.93. The zero-order valence-corrected chi connectivity index (χ0v) is 12.2. The molecule has 2 aliphatic rings. The fourth-order valence-electron chi connectivity index (χ4n) is 2.14. The van der Waals surface area contributed by atoms with Gasteiger partial charge in [-0.25, -0.2) is 0 Å². The van der Waals surface area contributed by atoms with Crippen LogP contribution < -0.4 is 10.9 Å². The van der Waals surface area contributed by atoms with Crippen LogP contribution in [0.4, 0.5) is 0 Å². The number of carbonyl (C=O) groups excluding carboxylic acids is 1. The van der Waals surface area contributed by atoms with Gasteiger partial charge in [-0.05, 0) is 18.4 Å². The van der Waals surface area contributed by atoms with Gasteiger partial charge in [-0.1, -0.05) is 0 Å². The molecule has 19 heavy (non-hydrogen) atoms. The van der Waals surface area contributed by atoms with Crippen LogP contribution in [0.25, 0.3) is 0 Å². The third kappa shape index (κ3) is 4.67. The standard InChI is InChI=1S/C12H22N4O2S/c1-19-9-3-10-12(17)15-14-11(13-10)2-4-16-5-7-18-8-6-16/h10H,2-9H2,1H3,(H,13,14)(H,15,17). The summed E-state index contributed by atoms with van der Waals surface area (Å²) in [7, 11) is 0. The van der Waals surface area contributed by atoms with Gasteiger partial charge in [0.1, 0.15) is 11.9 Å². The number of amides is 1. The van der Waals surface area contributed by atoms with Crippen molar-refractivity contribution in [3.63, 3.8) is 0 Å². The summed E-state index contributed by atoms with van der Waals surface area (Å²) in [6, 6.07) is -0.228. The molecule has 108 valence electrons. The fourth-order valence-corrected chi connectivity index (χ4v) is 2.60. The van der Waals surface area contributed by atoms with Crippen molar-refractivity contribution >= 4 is 23.5 Å². The monoisotopic (exact) mass is 286 g/mol. The maximum atomic E-state index is 11.6. The average Bonchev–Trinajstić information content (AvgIpc) is 2.46. The lowest BCUT2D eigenvalue weighted by molar-refractivity contribution is -0.123. The summed E-state index contributed by atoms with van der Waals surface area (Å²) in [4.78, 5) is 18.5. The highest BCUT2D eigenvalue weighted by Crippen LogP contribution is 2.08. The van der Waals surface area contributed by atoms with E-state index >= 15 is 0 Å². The van der Waals surface area contributed by atoms with Crippen LogP contribution in [-0.4, -0.2) is 67.5 Å². The molecule has 6 nitrogen and oxygen atoms in total. The quantitative estimate of drug-likeness (QED) is 0.712. The molecule has 1 fully saturated rings. The fraction of sp³-hybridized carbons (Fsp3) is 0.833. The summed E-state index contributed by atoms with van der Waals surface area (Å²) in [5, 5.41) is 0. The summed E-state index contributed by atoms with van der Waals surface area (Å²) in [6.07, 6.45) is 3.69. The Bertz CT molecular complexity index is 332. The molecule has 0 aromatic carbocycles. The van der Waals surface area contributed by atoms with Crippen LogP contribution in [-0.2, 0) is 9.53 Å². The van der Waals surface area contributed by atoms with Crippen molar-refractivity contribution in [2.24, 2.45) is 4.99 Å². The predicted molar refractivity (Wildman–Crippen MR) is 77.4 cm³/mol. The van der Waals surface area contributed by atoms with Crippen LogP contribution in [0.5, 0.6) is 0 Å². The molecule has 1 saturated heterocycles. The number of thioether (sulfide) groups is 1. The van der Waals surface area contributed by atoms with Gasteiger partial charge in [-0.2, -0.15) is 11.8 Å². The summed E-state index contributed by atoms with van der Waals surface area (Å²) in [5.41, 5.74) is 5.61. The molecule has 1 atom stereocenters. The molecule has 2 rings (SSSR count). The molecule has 0 spiro atoms. The van der Waals surface area contributed by atoms with E-state index in [1.165, 1.54) is 0 Å². The van der Waals surface area contributed by atoms with E-state index in [0.29, 0.717) is 0 Å². The van der Waals surface area contributed by atoms with Crippen LogP contribution >= 0.6 is 11.8 Å². The second kappa shape index (κ2) is 7.72. The van der Waals surface area contributed by atoms with Gasteiger partial charge in [-0.3, -0.25) is 25.5 Å². The first-order valence-corrected chi connectivity index (χ1v) is 8.10. The van der Waals surface area contributed by atoms with Crippen molar-refractivity contribution < 1.29 is 9.53 Å². The lowest BCUT2D eigenvalue weighted by atomic mass is 10.2. The van der Waals surface area contributed by atoms with Crippen LogP contribution in [0, 0.1) is 0 Å². The van der Waals surface area contributed by atoms with Gasteiger partial charge in [-0.15, -0.1) is 0 Å². The Morgan fingerprint density at radius 1 is 1.42 bits per heavy atom. The van der Waals surface area contributed by atoms with Crippen molar-refractivity contribution in [1.29, 1.82) is 0 Å². The minimum atomic E-state index is -0.228. The van der Waals surface area contributed by atoms with Gasteiger partial charge in [0.2, 0.25) is 0 Å². The molecular weight excluding hydrogens is 264 g/mol. The second-order valence-corrected chi connectivity index (χ2v) is 5.68. The van der Waals surface area contributed by atoms with E-state index in [1.54, 1.807) is 11.8 Å². The first-order valence-electron chi connectivity index (χ1n) is 6.71. The van der Waals surface area contributed by atoms with E-state index in [2.05, 4.69) is 20.7 Å². The molecular formula is C12H22N4O2S. The van der Waals surface area contributed by atoms with Gasteiger partial charge in [0.05, 0.1) is 13.2 Å². The van der Waals surface area contributed by atoms with Gasteiger partial charge in [0.25, 0.3) is 5.91 Å². The van der Waals surface area contributed by atoms with Crippen molar-refractivity contribution in [3.05, 3.63) is 0 Å². The minimum Gasteiger partial charge on any atom is -0.379 e. The van der Waals surface area contributed by atoms with E-state index in [4.69, 9.17) is 4.74 Å². The van der Waals surface area contributed by atoms with Gasteiger partial charge in [0.15, 0.2) is 0 Å². The number of ether oxygens (including phenoxy) is 1. The highest BCUT2D eigenvalue weighted by molar-refractivity contribution is 7.98. The Morgan fingerprint density at radius 3 is 2.95 bits per heavy atom. The summed E-state index contributed by atoms with van der Waals surface area (Å²) < 4.78 is 5.32. The Labute approximate surface area is 118 Å². The molecule has 0 bridgehead atoms. The number of carbonyl (C=O) groups is 1. The zero-order valence-electron chi connectivity index (χ0n) is 11.4. The number of amidine groups is 1. The van der Waals surface area contributed by atoms with Gasteiger partial charge >= 0.3 is 0 Å².